The minimum absolute atomic E-state index is 0.0768. The fourth-order valence-corrected chi connectivity index (χ4v) is 2.24. The molecular formula is C19H29N3O3. The van der Waals surface area contributed by atoms with Gasteiger partial charge in [0.15, 0.2) is 0 Å². The Morgan fingerprint density at radius 3 is 2.32 bits per heavy atom. The highest BCUT2D eigenvalue weighted by molar-refractivity contribution is 5.96. The van der Waals surface area contributed by atoms with Gasteiger partial charge in [-0.05, 0) is 25.0 Å². The number of nitrogens with zero attached hydrogens (tertiary/aromatic N) is 1. The Labute approximate surface area is 150 Å². The predicted octanol–water partition coefficient (Wildman–Crippen LogP) is 2.20. The van der Waals surface area contributed by atoms with Gasteiger partial charge in [-0.15, -0.1) is 0 Å². The average molecular weight is 347 g/mol. The van der Waals surface area contributed by atoms with Crippen molar-refractivity contribution in [3.8, 4) is 0 Å². The normalized spacial score (nSPS) is 12.2. The van der Waals surface area contributed by atoms with Gasteiger partial charge < -0.3 is 15.5 Å². The second kappa shape index (κ2) is 8.65. The SMILES string of the molecule is CCc1ccccc1NC(=O)CN(C)C(=O)C(C)NC(=O)C(C)(C)C. The topological polar surface area (TPSA) is 78.5 Å². The molecule has 2 N–H and O–H groups in total. The number of nitrogens with one attached hydrogen (secondary N) is 2. The largest absolute Gasteiger partial charge is 0.344 e. The second-order valence-corrected chi connectivity index (χ2v) is 7.20. The molecule has 6 heteroatoms. The van der Waals surface area contributed by atoms with Gasteiger partial charge in [-0.1, -0.05) is 45.9 Å². The fraction of sp³-hybridized carbons (Fsp3) is 0.526. The molecule has 0 heterocycles. The van der Waals surface area contributed by atoms with E-state index in [1.54, 1.807) is 34.7 Å². The van der Waals surface area contributed by atoms with E-state index in [2.05, 4.69) is 10.6 Å². The first-order chi connectivity index (χ1) is 11.6. The number of para-hydroxylation sites is 1. The van der Waals surface area contributed by atoms with Crippen molar-refractivity contribution in [2.24, 2.45) is 5.41 Å². The molecule has 1 unspecified atom stereocenters. The van der Waals surface area contributed by atoms with Crippen molar-refractivity contribution in [3.05, 3.63) is 29.8 Å². The van der Waals surface area contributed by atoms with Crippen molar-refractivity contribution in [1.29, 1.82) is 0 Å². The lowest BCUT2D eigenvalue weighted by molar-refractivity contribution is -0.138. The molecule has 0 aliphatic carbocycles. The highest BCUT2D eigenvalue weighted by Gasteiger charge is 2.27. The monoisotopic (exact) mass is 347 g/mol. The summed E-state index contributed by atoms with van der Waals surface area (Å²) >= 11 is 0. The first-order valence-electron chi connectivity index (χ1n) is 8.50. The molecule has 25 heavy (non-hydrogen) atoms. The summed E-state index contributed by atoms with van der Waals surface area (Å²) in [5.41, 5.74) is 1.22. The van der Waals surface area contributed by atoms with Crippen LogP contribution in [0.4, 0.5) is 5.69 Å². The van der Waals surface area contributed by atoms with E-state index in [9.17, 15) is 14.4 Å². The Hall–Kier alpha value is -2.37. The zero-order valence-corrected chi connectivity index (χ0v) is 16.0. The zero-order chi connectivity index (χ0) is 19.2. The molecule has 1 aromatic rings. The van der Waals surface area contributed by atoms with E-state index in [-0.39, 0.29) is 24.3 Å². The van der Waals surface area contributed by atoms with Gasteiger partial charge in [0.1, 0.15) is 6.04 Å². The van der Waals surface area contributed by atoms with E-state index in [1.807, 2.05) is 31.2 Å². The number of hydrogen-bond donors (Lipinski definition) is 2. The molecule has 0 aliphatic heterocycles. The molecule has 1 rings (SSSR count). The van der Waals surface area contributed by atoms with Crippen LogP contribution in [0, 0.1) is 5.41 Å². The number of carbonyl (C=O) groups is 3. The van der Waals surface area contributed by atoms with E-state index >= 15 is 0 Å². The maximum absolute atomic E-state index is 12.3. The first-order valence-corrected chi connectivity index (χ1v) is 8.50. The van der Waals surface area contributed by atoms with Crippen molar-refractivity contribution < 1.29 is 14.4 Å². The van der Waals surface area contributed by atoms with Crippen LogP contribution in [0.25, 0.3) is 0 Å². The molecule has 138 valence electrons. The number of aryl methyl sites for hydroxylation is 1. The molecule has 3 amide bonds. The number of likely N-dealkylation sites (N-methyl/N-ethyl adjacent to an activating group) is 1. The third-order valence-corrected chi connectivity index (χ3v) is 3.83. The third kappa shape index (κ3) is 6.21. The van der Waals surface area contributed by atoms with Gasteiger partial charge in [0.25, 0.3) is 0 Å². The van der Waals surface area contributed by atoms with Crippen molar-refractivity contribution in [3.63, 3.8) is 0 Å². The molecule has 6 nitrogen and oxygen atoms in total. The molecule has 0 bridgehead atoms. The van der Waals surface area contributed by atoms with Crippen LogP contribution in [-0.2, 0) is 20.8 Å². The Morgan fingerprint density at radius 1 is 1.16 bits per heavy atom. The number of amides is 3. The van der Waals surface area contributed by atoms with Crippen LogP contribution in [0.5, 0.6) is 0 Å². The Kier molecular flexibility index (Phi) is 7.15. The van der Waals surface area contributed by atoms with Crippen LogP contribution in [-0.4, -0.2) is 42.3 Å². The lowest BCUT2D eigenvalue weighted by Gasteiger charge is -2.25. The van der Waals surface area contributed by atoms with Crippen molar-refractivity contribution >= 4 is 23.4 Å². The number of hydrogen-bond acceptors (Lipinski definition) is 3. The maximum atomic E-state index is 12.3. The molecule has 0 fully saturated rings. The summed E-state index contributed by atoms with van der Waals surface area (Å²) in [4.78, 5) is 37.8. The Balaban J connectivity index is 2.62. The van der Waals surface area contributed by atoms with Gasteiger partial charge in [0.05, 0.1) is 6.54 Å². The Morgan fingerprint density at radius 2 is 1.76 bits per heavy atom. The summed E-state index contributed by atoms with van der Waals surface area (Å²) in [6.07, 6.45) is 0.807. The van der Waals surface area contributed by atoms with Gasteiger partial charge in [0, 0.05) is 18.2 Å². The maximum Gasteiger partial charge on any atom is 0.245 e. The standard InChI is InChI=1S/C19H29N3O3/c1-7-14-10-8-9-11-15(14)21-16(23)12-22(6)17(24)13(2)20-18(25)19(3,4)5/h8-11,13H,7,12H2,1-6H3,(H,20,25)(H,21,23). The quantitative estimate of drug-likeness (QED) is 0.828. The summed E-state index contributed by atoms with van der Waals surface area (Å²) in [7, 11) is 1.55. The first kappa shape index (κ1) is 20.7. The lowest BCUT2D eigenvalue weighted by atomic mass is 9.95. The predicted molar refractivity (Wildman–Crippen MR) is 99.1 cm³/mol. The van der Waals surface area contributed by atoms with Crippen LogP contribution in [0.2, 0.25) is 0 Å². The number of anilines is 1. The van der Waals surface area contributed by atoms with E-state index in [1.165, 1.54) is 4.90 Å². The number of benzene rings is 1. The lowest BCUT2D eigenvalue weighted by Crippen LogP contribution is -2.50. The molecule has 0 spiro atoms. The van der Waals surface area contributed by atoms with Gasteiger partial charge >= 0.3 is 0 Å². The number of carbonyl (C=O) groups excluding carboxylic acids is 3. The Bertz CT molecular complexity index is 635. The van der Waals surface area contributed by atoms with E-state index < -0.39 is 11.5 Å². The fourth-order valence-electron chi connectivity index (χ4n) is 2.24. The molecular weight excluding hydrogens is 318 g/mol. The van der Waals surface area contributed by atoms with Crippen LogP contribution in [0.15, 0.2) is 24.3 Å². The van der Waals surface area contributed by atoms with Crippen LogP contribution in [0.3, 0.4) is 0 Å². The van der Waals surface area contributed by atoms with E-state index in [0.717, 1.165) is 17.7 Å². The van der Waals surface area contributed by atoms with Crippen LogP contribution >= 0.6 is 0 Å². The smallest absolute Gasteiger partial charge is 0.245 e. The van der Waals surface area contributed by atoms with E-state index in [0.29, 0.717) is 0 Å². The average Bonchev–Trinajstić information content (AvgIpc) is 2.53. The molecule has 0 saturated heterocycles. The molecule has 1 aromatic carbocycles. The van der Waals surface area contributed by atoms with Crippen LogP contribution in [0.1, 0.15) is 40.2 Å². The highest BCUT2D eigenvalue weighted by atomic mass is 16.2. The van der Waals surface area contributed by atoms with Gasteiger partial charge in [-0.25, -0.2) is 0 Å². The minimum atomic E-state index is -0.688. The van der Waals surface area contributed by atoms with Gasteiger partial charge in [-0.3, -0.25) is 14.4 Å². The number of rotatable bonds is 6. The van der Waals surface area contributed by atoms with Crippen molar-refractivity contribution in [1.82, 2.24) is 10.2 Å². The molecule has 0 aliphatic rings. The second-order valence-electron chi connectivity index (χ2n) is 7.20. The summed E-state index contributed by atoms with van der Waals surface area (Å²) in [6, 6.07) is 6.88. The van der Waals surface area contributed by atoms with Gasteiger partial charge in [-0.2, -0.15) is 0 Å². The summed E-state index contributed by atoms with van der Waals surface area (Å²) in [6.45, 7) is 8.89. The highest BCUT2D eigenvalue weighted by Crippen LogP contribution is 2.15. The van der Waals surface area contributed by atoms with Gasteiger partial charge in [0.2, 0.25) is 17.7 Å². The van der Waals surface area contributed by atoms with Crippen molar-refractivity contribution in [2.75, 3.05) is 18.9 Å². The molecule has 1 atom stereocenters. The third-order valence-electron chi connectivity index (χ3n) is 3.83. The summed E-state index contributed by atoms with van der Waals surface area (Å²) in [5.74, 6) is -0.786. The minimum Gasteiger partial charge on any atom is -0.344 e. The summed E-state index contributed by atoms with van der Waals surface area (Å²) in [5, 5.41) is 5.51. The zero-order valence-electron chi connectivity index (χ0n) is 16.0. The van der Waals surface area contributed by atoms with Crippen LogP contribution < -0.4 is 10.6 Å². The molecule has 0 saturated carbocycles. The van der Waals surface area contributed by atoms with E-state index in [4.69, 9.17) is 0 Å². The summed E-state index contributed by atoms with van der Waals surface area (Å²) < 4.78 is 0. The molecule has 0 radical (unpaired) electrons. The van der Waals surface area contributed by atoms with Crippen molar-refractivity contribution in [2.45, 2.75) is 47.1 Å². The molecule has 0 aromatic heterocycles.